The average molecular weight is 381 g/mol. The van der Waals surface area contributed by atoms with E-state index in [1.165, 1.54) is 12.7 Å². The van der Waals surface area contributed by atoms with Crippen LogP contribution in [0.25, 0.3) is 33.5 Å². The summed E-state index contributed by atoms with van der Waals surface area (Å²) in [6, 6.07) is 15.5. The van der Waals surface area contributed by atoms with Gasteiger partial charge in [-0.05, 0) is 28.8 Å². The fraction of sp³-hybridized carbons (Fsp3) is 0. The summed E-state index contributed by atoms with van der Waals surface area (Å²) < 4.78 is 0. The number of amides is 1. The van der Waals surface area contributed by atoms with Crippen LogP contribution in [0.2, 0.25) is 0 Å². The number of imidazole rings is 2. The molecule has 0 saturated heterocycles. The van der Waals surface area contributed by atoms with Crippen molar-refractivity contribution in [2.24, 2.45) is 0 Å². The van der Waals surface area contributed by atoms with Crippen LogP contribution in [0.5, 0.6) is 0 Å². The summed E-state index contributed by atoms with van der Waals surface area (Å²) in [5.41, 5.74) is 5.59. The highest BCUT2D eigenvalue weighted by molar-refractivity contribution is 6.07. The summed E-state index contributed by atoms with van der Waals surface area (Å²) in [7, 11) is 0. The predicted molar refractivity (Wildman–Crippen MR) is 109 cm³/mol. The molecular weight excluding hydrogens is 366 g/mol. The molecule has 1 amide bonds. The molecule has 0 atom stereocenters. The molecule has 0 fully saturated rings. The highest BCUT2D eigenvalue weighted by atomic mass is 16.1. The number of nitrogens with one attached hydrogen (secondary N) is 3. The van der Waals surface area contributed by atoms with Gasteiger partial charge in [0.2, 0.25) is 0 Å². The van der Waals surface area contributed by atoms with E-state index in [2.05, 4.69) is 35.2 Å². The third kappa shape index (κ3) is 3.23. The lowest BCUT2D eigenvalue weighted by Crippen LogP contribution is -2.13. The first-order chi connectivity index (χ1) is 14.3. The minimum atomic E-state index is -0.254. The number of fused-ring (bicyclic) bond motifs is 1. The van der Waals surface area contributed by atoms with Crippen molar-refractivity contribution in [1.29, 1.82) is 0 Å². The maximum absolute atomic E-state index is 12.8. The van der Waals surface area contributed by atoms with E-state index in [1.54, 1.807) is 18.6 Å². The summed E-state index contributed by atoms with van der Waals surface area (Å²) in [6.45, 7) is 0. The molecule has 0 radical (unpaired) electrons. The van der Waals surface area contributed by atoms with Crippen molar-refractivity contribution in [3.63, 3.8) is 0 Å². The first-order valence-electron chi connectivity index (χ1n) is 8.92. The molecule has 0 aliphatic carbocycles. The van der Waals surface area contributed by atoms with E-state index in [0.29, 0.717) is 22.5 Å². The molecule has 5 aromatic rings. The third-order valence-electron chi connectivity index (χ3n) is 4.61. The first-order valence-corrected chi connectivity index (χ1v) is 8.92. The minimum absolute atomic E-state index is 0.254. The van der Waals surface area contributed by atoms with Gasteiger partial charge in [-0.2, -0.15) is 0 Å². The van der Waals surface area contributed by atoms with Gasteiger partial charge < -0.3 is 15.3 Å². The fourth-order valence-electron chi connectivity index (χ4n) is 3.14. The van der Waals surface area contributed by atoms with Gasteiger partial charge in [-0.15, -0.1) is 0 Å². The zero-order chi connectivity index (χ0) is 19.6. The lowest BCUT2D eigenvalue weighted by molar-refractivity contribution is 0.102. The Hall–Kier alpha value is -4.33. The molecule has 140 valence electrons. The normalized spacial score (nSPS) is 10.9. The van der Waals surface area contributed by atoms with Gasteiger partial charge in [-0.3, -0.25) is 4.79 Å². The van der Waals surface area contributed by atoms with Crippen molar-refractivity contribution >= 4 is 22.9 Å². The number of aromatic amines is 2. The molecule has 2 aromatic carbocycles. The highest BCUT2D eigenvalue weighted by Gasteiger charge is 2.12. The quantitative estimate of drug-likeness (QED) is 0.440. The van der Waals surface area contributed by atoms with E-state index in [9.17, 15) is 4.79 Å². The molecule has 0 bridgehead atoms. The molecule has 3 N–H and O–H groups in total. The van der Waals surface area contributed by atoms with Crippen molar-refractivity contribution in [1.82, 2.24) is 29.9 Å². The molecule has 3 heterocycles. The maximum Gasteiger partial charge on any atom is 0.256 e. The van der Waals surface area contributed by atoms with Crippen LogP contribution in [-0.4, -0.2) is 35.8 Å². The van der Waals surface area contributed by atoms with Crippen molar-refractivity contribution in [2.75, 3.05) is 5.32 Å². The van der Waals surface area contributed by atoms with E-state index in [-0.39, 0.29) is 5.91 Å². The topological polar surface area (TPSA) is 112 Å². The van der Waals surface area contributed by atoms with Crippen LogP contribution in [-0.2, 0) is 0 Å². The van der Waals surface area contributed by atoms with Gasteiger partial charge in [0.1, 0.15) is 11.8 Å². The van der Waals surface area contributed by atoms with Crippen molar-refractivity contribution in [3.05, 3.63) is 79.3 Å². The summed E-state index contributed by atoms with van der Waals surface area (Å²) in [5.74, 6) is 0.141. The largest absolute Gasteiger partial charge is 0.345 e. The fourth-order valence-corrected chi connectivity index (χ4v) is 3.14. The molecule has 8 heteroatoms. The summed E-state index contributed by atoms with van der Waals surface area (Å²) >= 11 is 0. The third-order valence-corrected chi connectivity index (χ3v) is 4.61. The Kier molecular flexibility index (Phi) is 4.06. The Bertz CT molecular complexity index is 1290. The molecular formula is C21H15N7O. The summed E-state index contributed by atoms with van der Waals surface area (Å²) in [4.78, 5) is 35.1. The number of hydrogen-bond acceptors (Lipinski definition) is 5. The number of rotatable bonds is 4. The van der Waals surface area contributed by atoms with E-state index in [0.717, 1.165) is 22.4 Å². The molecule has 0 saturated carbocycles. The Morgan fingerprint density at radius 3 is 2.55 bits per heavy atom. The Morgan fingerprint density at radius 2 is 1.72 bits per heavy atom. The zero-order valence-corrected chi connectivity index (χ0v) is 15.1. The number of carbonyl (C=O) groups is 1. The number of carbonyl (C=O) groups excluding carboxylic acids is 1. The van der Waals surface area contributed by atoms with Crippen LogP contribution in [0, 0.1) is 0 Å². The molecule has 0 aliphatic heterocycles. The molecule has 5 rings (SSSR count). The van der Waals surface area contributed by atoms with Gasteiger partial charge in [0.25, 0.3) is 5.91 Å². The lowest BCUT2D eigenvalue weighted by Gasteiger charge is -2.08. The van der Waals surface area contributed by atoms with Crippen LogP contribution >= 0.6 is 0 Å². The zero-order valence-electron chi connectivity index (χ0n) is 15.1. The second kappa shape index (κ2) is 7.01. The molecule has 0 spiro atoms. The number of hydrogen-bond donors (Lipinski definition) is 3. The molecule has 0 aliphatic rings. The predicted octanol–water partition coefficient (Wildman–Crippen LogP) is 3.66. The van der Waals surface area contributed by atoms with Crippen LogP contribution in [0.15, 0.2) is 73.7 Å². The van der Waals surface area contributed by atoms with Gasteiger partial charge in [0.05, 0.1) is 24.5 Å². The van der Waals surface area contributed by atoms with Gasteiger partial charge >= 0.3 is 0 Å². The maximum atomic E-state index is 12.8. The Labute approximate surface area is 165 Å². The van der Waals surface area contributed by atoms with Crippen LogP contribution in [0.3, 0.4) is 0 Å². The van der Waals surface area contributed by atoms with E-state index < -0.39 is 0 Å². The summed E-state index contributed by atoms with van der Waals surface area (Å²) in [5, 5.41) is 2.82. The first kappa shape index (κ1) is 16.8. The van der Waals surface area contributed by atoms with Gasteiger partial charge in [-0.1, -0.05) is 36.4 Å². The van der Waals surface area contributed by atoms with Crippen molar-refractivity contribution in [3.8, 4) is 22.4 Å². The SMILES string of the molecule is O=C(Nc1ncnc2nc[nH]c12)c1cccc(-c2ccc(-c3cnc[nH]3)cc2)c1. The smallest absolute Gasteiger partial charge is 0.256 e. The summed E-state index contributed by atoms with van der Waals surface area (Å²) in [6.07, 6.45) is 6.32. The van der Waals surface area contributed by atoms with Crippen LogP contribution in [0.4, 0.5) is 5.82 Å². The monoisotopic (exact) mass is 381 g/mol. The van der Waals surface area contributed by atoms with E-state index >= 15 is 0 Å². The van der Waals surface area contributed by atoms with Gasteiger partial charge in [0, 0.05) is 5.56 Å². The van der Waals surface area contributed by atoms with E-state index in [1.807, 2.05) is 42.5 Å². The van der Waals surface area contributed by atoms with Gasteiger partial charge in [-0.25, -0.2) is 19.9 Å². The van der Waals surface area contributed by atoms with E-state index in [4.69, 9.17) is 0 Å². The Balaban J connectivity index is 1.40. The van der Waals surface area contributed by atoms with Crippen molar-refractivity contribution < 1.29 is 4.79 Å². The standard InChI is InChI=1S/C21H15N7O/c29-21(28-20-18-19(25-11-24-18)26-12-27-20)16-3-1-2-15(8-16)13-4-6-14(7-5-13)17-9-22-10-23-17/h1-12H,(H,22,23)(H2,24,25,26,27,28,29). The molecule has 29 heavy (non-hydrogen) atoms. The number of nitrogens with zero attached hydrogens (tertiary/aromatic N) is 4. The van der Waals surface area contributed by atoms with Crippen LogP contribution < -0.4 is 5.32 Å². The number of anilines is 1. The van der Waals surface area contributed by atoms with Gasteiger partial charge in [0.15, 0.2) is 11.5 Å². The second-order valence-electron chi connectivity index (χ2n) is 6.40. The lowest BCUT2D eigenvalue weighted by atomic mass is 10.0. The van der Waals surface area contributed by atoms with Crippen molar-refractivity contribution in [2.45, 2.75) is 0 Å². The number of benzene rings is 2. The number of aromatic nitrogens is 6. The average Bonchev–Trinajstić information content (AvgIpc) is 3.47. The Morgan fingerprint density at radius 1 is 0.862 bits per heavy atom. The molecule has 3 aromatic heterocycles. The molecule has 8 nitrogen and oxygen atoms in total. The number of H-pyrrole nitrogens is 2. The second-order valence-corrected chi connectivity index (χ2v) is 6.40. The van der Waals surface area contributed by atoms with Crippen LogP contribution in [0.1, 0.15) is 10.4 Å². The minimum Gasteiger partial charge on any atom is -0.345 e. The molecule has 0 unspecified atom stereocenters. The highest BCUT2D eigenvalue weighted by Crippen LogP contribution is 2.25.